The SMILES string of the molecule is CCOP(=O)(OCC)[C@@H](O)/C=C/c1ccccc1. The summed E-state index contributed by atoms with van der Waals surface area (Å²) in [5.74, 6) is -1.25. The van der Waals surface area contributed by atoms with Crippen LogP contribution in [0, 0.1) is 0 Å². The first kappa shape index (κ1) is 15.1. The predicted octanol–water partition coefficient (Wildman–Crippen LogP) is 3.28. The molecule has 0 saturated carbocycles. The van der Waals surface area contributed by atoms with E-state index in [0.717, 1.165) is 5.56 Å². The Morgan fingerprint density at radius 2 is 1.78 bits per heavy atom. The van der Waals surface area contributed by atoms with Gasteiger partial charge in [-0.25, -0.2) is 0 Å². The van der Waals surface area contributed by atoms with Gasteiger partial charge in [0.1, 0.15) is 0 Å². The van der Waals surface area contributed by atoms with Crippen molar-refractivity contribution in [3.05, 3.63) is 42.0 Å². The summed E-state index contributed by atoms with van der Waals surface area (Å²) >= 11 is 0. The molecule has 0 unspecified atom stereocenters. The molecular weight excluding hydrogens is 251 g/mol. The molecule has 5 heteroatoms. The Hall–Kier alpha value is -0.930. The highest BCUT2D eigenvalue weighted by molar-refractivity contribution is 7.54. The van der Waals surface area contributed by atoms with E-state index in [1.807, 2.05) is 30.3 Å². The molecule has 1 aromatic rings. The molecule has 0 heterocycles. The van der Waals surface area contributed by atoms with Crippen molar-refractivity contribution < 1.29 is 18.7 Å². The topological polar surface area (TPSA) is 55.8 Å². The molecule has 0 aliphatic heterocycles. The molecule has 0 aliphatic rings. The lowest BCUT2D eigenvalue weighted by Crippen LogP contribution is -2.10. The molecule has 4 nitrogen and oxygen atoms in total. The maximum absolute atomic E-state index is 12.2. The van der Waals surface area contributed by atoms with Gasteiger partial charge in [-0.15, -0.1) is 0 Å². The minimum Gasteiger partial charge on any atom is -0.377 e. The fourth-order valence-corrected chi connectivity index (χ4v) is 2.81. The fourth-order valence-electron chi connectivity index (χ4n) is 1.42. The van der Waals surface area contributed by atoms with E-state index < -0.39 is 13.4 Å². The van der Waals surface area contributed by atoms with Gasteiger partial charge in [-0.05, 0) is 25.5 Å². The Morgan fingerprint density at radius 3 is 2.28 bits per heavy atom. The van der Waals surface area contributed by atoms with Crippen LogP contribution in [0.4, 0.5) is 0 Å². The highest BCUT2D eigenvalue weighted by Crippen LogP contribution is 2.52. The summed E-state index contributed by atoms with van der Waals surface area (Å²) < 4.78 is 22.3. The molecule has 1 rings (SSSR count). The minimum absolute atomic E-state index is 0.230. The highest BCUT2D eigenvalue weighted by atomic mass is 31.2. The first-order valence-corrected chi connectivity index (χ1v) is 7.53. The maximum Gasteiger partial charge on any atom is 0.362 e. The number of aliphatic hydroxyl groups excluding tert-OH is 1. The average Bonchev–Trinajstić information content (AvgIpc) is 2.37. The van der Waals surface area contributed by atoms with Crippen LogP contribution in [0.5, 0.6) is 0 Å². The lowest BCUT2D eigenvalue weighted by Gasteiger charge is -2.19. The van der Waals surface area contributed by atoms with Crippen molar-refractivity contribution in [1.82, 2.24) is 0 Å². The van der Waals surface area contributed by atoms with Crippen molar-refractivity contribution in [3.8, 4) is 0 Å². The van der Waals surface area contributed by atoms with Crippen molar-refractivity contribution in [1.29, 1.82) is 0 Å². The quantitative estimate of drug-likeness (QED) is 0.772. The summed E-state index contributed by atoms with van der Waals surface area (Å²) in [6.07, 6.45) is 3.12. The van der Waals surface area contributed by atoms with E-state index in [1.165, 1.54) is 6.08 Å². The van der Waals surface area contributed by atoms with Crippen molar-refractivity contribution in [2.75, 3.05) is 13.2 Å². The highest BCUT2D eigenvalue weighted by Gasteiger charge is 2.31. The van der Waals surface area contributed by atoms with Crippen LogP contribution in [0.15, 0.2) is 36.4 Å². The first-order chi connectivity index (χ1) is 8.62. The molecule has 100 valence electrons. The van der Waals surface area contributed by atoms with Gasteiger partial charge in [-0.1, -0.05) is 36.4 Å². The fraction of sp³-hybridized carbons (Fsp3) is 0.385. The third-order valence-corrected chi connectivity index (χ3v) is 4.26. The zero-order valence-corrected chi connectivity index (χ0v) is 11.5. The molecule has 0 fully saturated rings. The van der Waals surface area contributed by atoms with Crippen LogP contribution in [-0.4, -0.2) is 24.2 Å². The summed E-state index contributed by atoms with van der Waals surface area (Å²) in [6.45, 7) is 3.87. The molecule has 0 aromatic heterocycles. The van der Waals surface area contributed by atoms with Crippen LogP contribution < -0.4 is 0 Å². The summed E-state index contributed by atoms with van der Waals surface area (Å²) in [5, 5.41) is 9.89. The number of benzene rings is 1. The number of aliphatic hydroxyl groups is 1. The normalized spacial score (nSPS) is 13.9. The van der Waals surface area contributed by atoms with E-state index in [4.69, 9.17) is 9.05 Å². The lowest BCUT2D eigenvalue weighted by atomic mass is 10.2. The van der Waals surface area contributed by atoms with Crippen molar-refractivity contribution in [2.45, 2.75) is 19.7 Å². The van der Waals surface area contributed by atoms with Gasteiger partial charge in [0.25, 0.3) is 0 Å². The van der Waals surface area contributed by atoms with Gasteiger partial charge in [-0.2, -0.15) is 0 Å². The molecule has 1 aromatic carbocycles. The van der Waals surface area contributed by atoms with Crippen LogP contribution in [-0.2, 0) is 13.6 Å². The average molecular weight is 270 g/mol. The van der Waals surface area contributed by atoms with Gasteiger partial charge < -0.3 is 14.2 Å². The smallest absolute Gasteiger partial charge is 0.362 e. The van der Waals surface area contributed by atoms with Gasteiger partial charge in [0.2, 0.25) is 0 Å². The molecular formula is C13H19O4P. The van der Waals surface area contributed by atoms with Crippen molar-refractivity contribution >= 4 is 13.7 Å². The second kappa shape index (κ2) is 7.49. The summed E-state index contributed by atoms with van der Waals surface area (Å²) in [5.41, 5.74) is 0.913. The monoisotopic (exact) mass is 270 g/mol. The molecule has 0 amide bonds. The Labute approximate surface area is 108 Å². The number of hydrogen-bond donors (Lipinski definition) is 1. The standard InChI is InChI=1S/C13H19O4P/c1-3-16-18(15,17-4-2)13(14)11-10-12-8-6-5-7-9-12/h5-11,13-14H,3-4H2,1-2H3/b11-10+/t13-/m1/s1. The molecule has 0 aliphatic carbocycles. The van der Waals surface area contributed by atoms with Gasteiger partial charge in [0.15, 0.2) is 5.85 Å². The van der Waals surface area contributed by atoms with Crippen molar-refractivity contribution in [2.24, 2.45) is 0 Å². The molecule has 1 N–H and O–H groups in total. The number of rotatable bonds is 7. The van der Waals surface area contributed by atoms with Crippen LogP contribution in [0.25, 0.3) is 6.08 Å². The lowest BCUT2D eigenvalue weighted by molar-refractivity contribution is 0.169. The van der Waals surface area contributed by atoms with E-state index >= 15 is 0 Å². The zero-order chi connectivity index (χ0) is 13.4. The van der Waals surface area contributed by atoms with E-state index in [1.54, 1.807) is 19.9 Å². The van der Waals surface area contributed by atoms with Crippen molar-refractivity contribution in [3.63, 3.8) is 0 Å². The summed E-state index contributed by atoms with van der Waals surface area (Å²) in [6, 6.07) is 9.44. The van der Waals surface area contributed by atoms with Gasteiger partial charge >= 0.3 is 7.60 Å². The molecule has 1 atom stereocenters. The molecule has 0 spiro atoms. The van der Waals surface area contributed by atoms with Crippen LogP contribution in [0.3, 0.4) is 0 Å². The predicted molar refractivity (Wildman–Crippen MR) is 72.3 cm³/mol. The van der Waals surface area contributed by atoms with Crippen LogP contribution in [0.1, 0.15) is 19.4 Å². The Balaban J connectivity index is 2.76. The summed E-state index contributed by atoms with van der Waals surface area (Å²) in [4.78, 5) is 0. The van der Waals surface area contributed by atoms with Gasteiger partial charge in [-0.3, -0.25) is 4.57 Å². The maximum atomic E-state index is 12.2. The van der Waals surface area contributed by atoms with E-state index in [0.29, 0.717) is 0 Å². The number of hydrogen-bond acceptors (Lipinski definition) is 4. The zero-order valence-electron chi connectivity index (χ0n) is 10.7. The third-order valence-electron chi connectivity index (χ3n) is 2.20. The Morgan fingerprint density at radius 1 is 1.22 bits per heavy atom. The van der Waals surface area contributed by atoms with E-state index in [2.05, 4.69) is 0 Å². The molecule has 0 radical (unpaired) electrons. The second-order valence-electron chi connectivity index (χ2n) is 3.56. The van der Waals surface area contributed by atoms with Gasteiger partial charge in [0.05, 0.1) is 13.2 Å². The minimum atomic E-state index is -3.48. The summed E-state index contributed by atoms with van der Waals surface area (Å²) in [7, 11) is -3.48. The third kappa shape index (κ3) is 4.39. The Kier molecular flexibility index (Phi) is 6.30. The van der Waals surface area contributed by atoms with Gasteiger partial charge in [0, 0.05) is 0 Å². The molecule has 0 saturated heterocycles. The van der Waals surface area contributed by atoms with E-state index in [-0.39, 0.29) is 13.2 Å². The largest absolute Gasteiger partial charge is 0.377 e. The molecule has 18 heavy (non-hydrogen) atoms. The molecule has 0 bridgehead atoms. The second-order valence-corrected chi connectivity index (χ2v) is 5.68. The Bertz CT molecular complexity index is 406. The first-order valence-electron chi connectivity index (χ1n) is 5.92. The van der Waals surface area contributed by atoms with Crippen LogP contribution >= 0.6 is 7.60 Å². The van der Waals surface area contributed by atoms with E-state index in [9.17, 15) is 9.67 Å². The van der Waals surface area contributed by atoms with Crippen LogP contribution in [0.2, 0.25) is 0 Å².